The van der Waals surface area contributed by atoms with E-state index in [2.05, 4.69) is 6.92 Å². The van der Waals surface area contributed by atoms with Gasteiger partial charge in [0.1, 0.15) is 12.1 Å². The van der Waals surface area contributed by atoms with Crippen LogP contribution in [0.25, 0.3) is 0 Å². The molecule has 2 atom stereocenters. The molecule has 0 amide bonds. The predicted molar refractivity (Wildman–Crippen MR) is 82.4 cm³/mol. The number of esters is 1. The Labute approximate surface area is 122 Å². The maximum atomic E-state index is 12.0. The van der Waals surface area contributed by atoms with E-state index in [-0.39, 0.29) is 12.1 Å². The van der Waals surface area contributed by atoms with Gasteiger partial charge in [-0.05, 0) is 31.2 Å². The molecule has 0 fully saturated rings. The first kappa shape index (κ1) is 16.7. The molecule has 0 aliphatic carbocycles. The van der Waals surface area contributed by atoms with Crippen molar-refractivity contribution in [2.45, 2.75) is 64.5 Å². The van der Waals surface area contributed by atoms with Crippen molar-refractivity contribution in [3.63, 3.8) is 0 Å². The molecule has 1 unspecified atom stereocenters. The minimum absolute atomic E-state index is 0.0101. The highest BCUT2D eigenvalue weighted by atomic mass is 16.5. The molecule has 0 aliphatic heterocycles. The van der Waals surface area contributed by atoms with Crippen molar-refractivity contribution in [3.05, 3.63) is 35.9 Å². The fraction of sp³-hybridized carbons (Fsp3) is 0.588. The molecule has 20 heavy (non-hydrogen) atoms. The summed E-state index contributed by atoms with van der Waals surface area (Å²) in [6, 6.07) is 9.24. The first-order valence-electron chi connectivity index (χ1n) is 7.67. The van der Waals surface area contributed by atoms with E-state index in [0.717, 1.165) is 24.8 Å². The van der Waals surface area contributed by atoms with Gasteiger partial charge in [-0.1, -0.05) is 57.0 Å². The van der Waals surface area contributed by atoms with Crippen LogP contribution >= 0.6 is 0 Å². The third kappa shape index (κ3) is 6.20. The summed E-state index contributed by atoms with van der Waals surface area (Å²) in [4.78, 5) is 12.0. The smallest absolute Gasteiger partial charge is 0.323 e. The molecule has 1 aromatic rings. The summed E-state index contributed by atoms with van der Waals surface area (Å²) in [6.45, 7) is 4.22. The van der Waals surface area contributed by atoms with Crippen molar-refractivity contribution in [2.75, 3.05) is 0 Å². The zero-order valence-corrected chi connectivity index (χ0v) is 12.7. The molecule has 2 N–H and O–H groups in total. The summed E-state index contributed by atoms with van der Waals surface area (Å²) in [7, 11) is 0. The van der Waals surface area contributed by atoms with Crippen LogP contribution in [0.5, 0.6) is 0 Å². The molecular weight excluding hydrogens is 250 g/mol. The van der Waals surface area contributed by atoms with Gasteiger partial charge < -0.3 is 10.5 Å². The zero-order valence-electron chi connectivity index (χ0n) is 12.7. The quantitative estimate of drug-likeness (QED) is 0.555. The van der Waals surface area contributed by atoms with Crippen LogP contribution in [0.4, 0.5) is 0 Å². The Balaban J connectivity index is 2.39. The number of carbonyl (C=O) groups is 1. The lowest BCUT2D eigenvalue weighted by molar-refractivity contribution is -0.151. The van der Waals surface area contributed by atoms with Crippen molar-refractivity contribution in [3.8, 4) is 0 Å². The molecular formula is C17H27NO2. The molecule has 112 valence electrons. The number of hydrogen-bond donors (Lipinski definition) is 1. The largest absolute Gasteiger partial charge is 0.461 e. The van der Waals surface area contributed by atoms with Crippen LogP contribution in [0.15, 0.2) is 30.3 Å². The van der Waals surface area contributed by atoms with E-state index in [9.17, 15) is 4.79 Å². The number of unbranched alkanes of at least 4 members (excludes halogenated alkanes) is 2. The van der Waals surface area contributed by atoms with Crippen molar-refractivity contribution in [2.24, 2.45) is 5.73 Å². The Morgan fingerprint density at radius 3 is 2.50 bits per heavy atom. The van der Waals surface area contributed by atoms with Gasteiger partial charge in [0.15, 0.2) is 0 Å². The van der Waals surface area contributed by atoms with Gasteiger partial charge in [-0.3, -0.25) is 4.79 Å². The third-order valence-electron chi connectivity index (χ3n) is 3.47. The topological polar surface area (TPSA) is 52.3 Å². The maximum Gasteiger partial charge on any atom is 0.323 e. The minimum atomic E-state index is -0.572. The Hall–Kier alpha value is -1.35. The van der Waals surface area contributed by atoms with Crippen LogP contribution in [0.3, 0.4) is 0 Å². The maximum absolute atomic E-state index is 12.0. The lowest BCUT2D eigenvalue weighted by Gasteiger charge is -2.19. The summed E-state index contributed by atoms with van der Waals surface area (Å²) >= 11 is 0. The standard InChI is InChI=1S/C17H27NO2/c1-3-5-7-12-15(4-2)20-17(19)16(18)13-14-10-8-6-9-11-14/h6,8-11,15-16H,3-5,7,12-13,18H2,1-2H3/t15?,16-/m0/s1. The predicted octanol–water partition coefficient (Wildman–Crippen LogP) is 3.46. The number of hydrogen-bond acceptors (Lipinski definition) is 3. The SMILES string of the molecule is CCCCCC(CC)OC(=O)[C@@H](N)Cc1ccccc1. The highest BCUT2D eigenvalue weighted by molar-refractivity contribution is 5.76. The number of carbonyl (C=O) groups excluding carboxylic acids is 1. The Morgan fingerprint density at radius 2 is 1.90 bits per heavy atom. The number of benzene rings is 1. The second-order valence-corrected chi connectivity index (χ2v) is 5.26. The Bertz CT molecular complexity index is 378. The van der Waals surface area contributed by atoms with Crippen molar-refractivity contribution in [1.82, 2.24) is 0 Å². The van der Waals surface area contributed by atoms with E-state index in [1.165, 1.54) is 12.8 Å². The minimum Gasteiger partial charge on any atom is -0.461 e. The number of nitrogens with two attached hydrogens (primary N) is 1. The molecule has 0 aliphatic rings. The lowest BCUT2D eigenvalue weighted by atomic mass is 10.1. The van der Waals surface area contributed by atoms with E-state index < -0.39 is 6.04 Å². The van der Waals surface area contributed by atoms with Crippen LogP contribution in [0.2, 0.25) is 0 Å². The second kappa shape index (κ2) is 9.54. The average Bonchev–Trinajstić information content (AvgIpc) is 2.47. The highest BCUT2D eigenvalue weighted by Gasteiger charge is 2.19. The molecule has 0 spiro atoms. The van der Waals surface area contributed by atoms with E-state index in [1.54, 1.807) is 0 Å². The van der Waals surface area contributed by atoms with Gasteiger partial charge in [-0.2, -0.15) is 0 Å². The van der Waals surface area contributed by atoms with Gasteiger partial charge in [0, 0.05) is 0 Å². The molecule has 0 saturated carbocycles. The van der Waals surface area contributed by atoms with E-state index in [0.29, 0.717) is 6.42 Å². The van der Waals surface area contributed by atoms with Crippen LogP contribution in [-0.4, -0.2) is 18.1 Å². The van der Waals surface area contributed by atoms with Crippen molar-refractivity contribution >= 4 is 5.97 Å². The molecule has 3 nitrogen and oxygen atoms in total. The average molecular weight is 277 g/mol. The van der Waals surface area contributed by atoms with Gasteiger partial charge in [0.2, 0.25) is 0 Å². The van der Waals surface area contributed by atoms with Gasteiger partial charge in [0.25, 0.3) is 0 Å². The van der Waals surface area contributed by atoms with Gasteiger partial charge >= 0.3 is 5.97 Å². The van der Waals surface area contributed by atoms with Crippen LogP contribution in [0, 0.1) is 0 Å². The normalized spacial score (nSPS) is 13.8. The monoisotopic (exact) mass is 277 g/mol. The van der Waals surface area contributed by atoms with Gasteiger partial charge in [0.05, 0.1) is 0 Å². The molecule has 1 aromatic carbocycles. The Kier molecular flexibility index (Phi) is 7.97. The molecule has 1 rings (SSSR count). The zero-order chi connectivity index (χ0) is 14.8. The van der Waals surface area contributed by atoms with Crippen LogP contribution in [0.1, 0.15) is 51.5 Å². The number of ether oxygens (including phenoxy) is 1. The van der Waals surface area contributed by atoms with E-state index in [4.69, 9.17) is 10.5 Å². The van der Waals surface area contributed by atoms with Gasteiger partial charge in [-0.15, -0.1) is 0 Å². The van der Waals surface area contributed by atoms with Crippen molar-refractivity contribution < 1.29 is 9.53 Å². The van der Waals surface area contributed by atoms with Gasteiger partial charge in [-0.25, -0.2) is 0 Å². The first-order chi connectivity index (χ1) is 9.67. The summed E-state index contributed by atoms with van der Waals surface area (Å²) in [5.74, 6) is -0.280. The molecule has 0 saturated heterocycles. The molecule has 0 radical (unpaired) electrons. The van der Waals surface area contributed by atoms with Crippen LogP contribution in [-0.2, 0) is 16.0 Å². The molecule has 0 aromatic heterocycles. The Morgan fingerprint density at radius 1 is 1.20 bits per heavy atom. The summed E-state index contributed by atoms with van der Waals surface area (Å²) in [5, 5.41) is 0. The third-order valence-corrected chi connectivity index (χ3v) is 3.47. The van der Waals surface area contributed by atoms with Crippen molar-refractivity contribution in [1.29, 1.82) is 0 Å². The molecule has 0 heterocycles. The fourth-order valence-corrected chi connectivity index (χ4v) is 2.17. The lowest BCUT2D eigenvalue weighted by Crippen LogP contribution is -2.36. The first-order valence-corrected chi connectivity index (χ1v) is 7.67. The highest BCUT2D eigenvalue weighted by Crippen LogP contribution is 2.12. The summed E-state index contributed by atoms with van der Waals surface area (Å²) < 4.78 is 5.52. The summed E-state index contributed by atoms with van der Waals surface area (Å²) in [5.41, 5.74) is 7.00. The second-order valence-electron chi connectivity index (χ2n) is 5.26. The number of rotatable bonds is 9. The van der Waals surface area contributed by atoms with E-state index >= 15 is 0 Å². The van der Waals surface area contributed by atoms with Crippen LogP contribution < -0.4 is 5.73 Å². The summed E-state index contributed by atoms with van der Waals surface area (Å²) in [6.07, 6.45) is 5.81. The fourth-order valence-electron chi connectivity index (χ4n) is 2.17. The van der Waals surface area contributed by atoms with E-state index in [1.807, 2.05) is 37.3 Å². The molecule has 3 heteroatoms. The molecule has 0 bridgehead atoms.